The van der Waals surface area contributed by atoms with E-state index in [1.807, 2.05) is 0 Å². The third-order valence-corrected chi connectivity index (χ3v) is 5.24. The Kier molecular flexibility index (Phi) is 6.01. The van der Waals surface area contributed by atoms with Gasteiger partial charge in [-0.25, -0.2) is 4.79 Å². The highest BCUT2D eigenvalue weighted by Crippen LogP contribution is 2.30. The number of carbonyl (C=O) groups is 2. The Morgan fingerprint density at radius 1 is 1.12 bits per heavy atom. The summed E-state index contributed by atoms with van der Waals surface area (Å²) in [5, 5.41) is 0. The lowest BCUT2D eigenvalue weighted by Gasteiger charge is -2.33. The predicted molar refractivity (Wildman–Crippen MR) is 96.5 cm³/mol. The van der Waals surface area contributed by atoms with Crippen LogP contribution >= 0.6 is 0 Å². The van der Waals surface area contributed by atoms with Crippen LogP contribution in [0.1, 0.15) is 49.4 Å². The molecule has 1 fully saturated rings. The number of fused-ring (bicyclic) bond motifs is 1. The van der Waals surface area contributed by atoms with Crippen LogP contribution in [0.4, 0.5) is 0 Å². The number of esters is 1. The summed E-state index contributed by atoms with van der Waals surface area (Å²) in [6.07, 6.45) is 5.10. The van der Waals surface area contributed by atoms with E-state index < -0.39 is 5.97 Å². The molecule has 1 amide bonds. The Morgan fingerprint density at radius 3 is 2.54 bits per heavy atom. The van der Waals surface area contributed by atoms with E-state index in [0.29, 0.717) is 30.3 Å². The second-order valence-electron chi connectivity index (χ2n) is 7.21. The zero-order valence-corrected chi connectivity index (χ0v) is 15.5. The van der Waals surface area contributed by atoms with Gasteiger partial charge in [0.1, 0.15) is 0 Å². The fraction of sp³-hybridized carbons (Fsp3) is 0.600. The summed E-state index contributed by atoms with van der Waals surface area (Å²) in [6, 6.07) is 5.19. The Morgan fingerprint density at radius 2 is 1.81 bits per heavy atom. The monoisotopic (exact) mass is 361 g/mol. The minimum atomic E-state index is -0.528. The van der Waals surface area contributed by atoms with Crippen molar-refractivity contribution in [3.05, 3.63) is 23.8 Å². The number of ether oxygens (including phenoxy) is 3. The van der Waals surface area contributed by atoms with Gasteiger partial charge in [-0.15, -0.1) is 0 Å². The molecule has 142 valence electrons. The highest BCUT2D eigenvalue weighted by atomic mass is 16.5. The quantitative estimate of drug-likeness (QED) is 0.771. The van der Waals surface area contributed by atoms with Crippen LogP contribution in [-0.4, -0.2) is 49.7 Å². The molecule has 1 aromatic rings. The Bertz CT molecular complexity index is 652. The fourth-order valence-electron chi connectivity index (χ4n) is 3.44. The molecule has 26 heavy (non-hydrogen) atoms. The molecular weight excluding hydrogens is 334 g/mol. The van der Waals surface area contributed by atoms with Gasteiger partial charge >= 0.3 is 5.97 Å². The van der Waals surface area contributed by atoms with Crippen LogP contribution in [0.3, 0.4) is 0 Å². The number of nitrogens with zero attached hydrogens (tertiary/aromatic N) is 1. The first-order chi connectivity index (χ1) is 12.5. The average molecular weight is 361 g/mol. The summed E-state index contributed by atoms with van der Waals surface area (Å²) in [5.41, 5.74) is 0.358. The summed E-state index contributed by atoms with van der Waals surface area (Å²) < 4.78 is 16.4. The average Bonchev–Trinajstić information content (AvgIpc) is 2.90. The molecule has 1 aliphatic heterocycles. The van der Waals surface area contributed by atoms with Crippen LogP contribution in [0.25, 0.3) is 0 Å². The number of rotatable bonds is 4. The molecule has 1 aromatic carbocycles. The molecule has 0 radical (unpaired) electrons. The van der Waals surface area contributed by atoms with Gasteiger partial charge in [-0.3, -0.25) is 4.79 Å². The number of amides is 1. The van der Waals surface area contributed by atoms with Crippen LogP contribution in [0.15, 0.2) is 18.2 Å². The van der Waals surface area contributed by atoms with E-state index in [4.69, 9.17) is 14.2 Å². The lowest BCUT2D eigenvalue weighted by molar-refractivity contribution is -0.136. The summed E-state index contributed by atoms with van der Waals surface area (Å²) in [5.74, 6) is 1.21. The van der Waals surface area contributed by atoms with Gasteiger partial charge in [-0.2, -0.15) is 0 Å². The molecule has 0 atom stereocenters. The van der Waals surface area contributed by atoms with E-state index in [9.17, 15) is 9.59 Å². The smallest absolute Gasteiger partial charge is 0.338 e. The minimum absolute atomic E-state index is 0.160. The summed E-state index contributed by atoms with van der Waals surface area (Å²) in [6.45, 7) is 3.15. The molecule has 6 heteroatoms. The molecule has 1 aliphatic carbocycles. The van der Waals surface area contributed by atoms with Crippen molar-refractivity contribution in [2.75, 3.05) is 26.9 Å². The lowest BCUT2D eigenvalue weighted by Crippen LogP contribution is -2.41. The molecule has 6 nitrogen and oxygen atoms in total. The SMILES string of the molecule is CC1CCC(N(C)C(=O)COC(=O)c2ccc3c(c2)OCCCO3)CC1. The van der Waals surface area contributed by atoms with Crippen LogP contribution in [0.5, 0.6) is 11.5 Å². The van der Waals surface area contributed by atoms with Gasteiger partial charge in [-0.05, 0) is 49.8 Å². The van der Waals surface area contributed by atoms with Crippen LogP contribution in [0, 0.1) is 5.92 Å². The van der Waals surface area contributed by atoms with Crippen molar-refractivity contribution in [2.45, 2.75) is 45.1 Å². The van der Waals surface area contributed by atoms with Gasteiger partial charge in [0.2, 0.25) is 0 Å². The number of hydrogen-bond donors (Lipinski definition) is 0. The van der Waals surface area contributed by atoms with Crippen LogP contribution in [-0.2, 0) is 9.53 Å². The Labute approximate surface area is 154 Å². The first-order valence-electron chi connectivity index (χ1n) is 9.37. The lowest BCUT2D eigenvalue weighted by atomic mass is 9.87. The molecule has 1 heterocycles. The van der Waals surface area contributed by atoms with Gasteiger partial charge in [0.15, 0.2) is 18.1 Å². The standard InChI is InChI=1S/C20H27NO5/c1-14-4-7-16(8-5-14)21(2)19(22)13-26-20(23)15-6-9-17-18(12-15)25-11-3-10-24-17/h6,9,12,14,16H,3-5,7-8,10-11,13H2,1-2H3. The topological polar surface area (TPSA) is 65.1 Å². The zero-order chi connectivity index (χ0) is 18.5. The van der Waals surface area contributed by atoms with Gasteiger partial charge < -0.3 is 19.1 Å². The van der Waals surface area contributed by atoms with E-state index in [1.54, 1.807) is 30.1 Å². The molecule has 0 bridgehead atoms. The van der Waals surface area contributed by atoms with Gasteiger partial charge in [0.25, 0.3) is 5.91 Å². The highest BCUT2D eigenvalue weighted by molar-refractivity contribution is 5.92. The molecular formula is C20H27NO5. The van der Waals surface area contributed by atoms with Crippen LogP contribution < -0.4 is 9.47 Å². The Hall–Kier alpha value is -2.24. The number of carbonyl (C=O) groups excluding carboxylic acids is 2. The molecule has 0 saturated heterocycles. The molecule has 2 aliphatic rings. The van der Waals surface area contributed by atoms with E-state index in [-0.39, 0.29) is 18.6 Å². The van der Waals surface area contributed by atoms with Gasteiger partial charge in [0.05, 0.1) is 18.8 Å². The minimum Gasteiger partial charge on any atom is -0.490 e. The van der Waals surface area contributed by atoms with Gasteiger partial charge in [-0.1, -0.05) is 6.92 Å². The molecule has 0 unspecified atom stereocenters. The van der Waals surface area contributed by atoms with Crippen molar-refractivity contribution < 1.29 is 23.8 Å². The maximum atomic E-state index is 12.3. The zero-order valence-electron chi connectivity index (χ0n) is 15.5. The third-order valence-electron chi connectivity index (χ3n) is 5.24. The normalized spacial score (nSPS) is 22.2. The molecule has 0 N–H and O–H groups in total. The molecule has 0 aromatic heterocycles. The predicted octanol–water partition coefficient (Wildman–Crippen LogP) is 3.04. The van der Waals surface area contributed by atoms with E-state index in [0.717, 1.165) is 38.0 Å². The van der Waals surface area contributed by atoms with Crippen molar-refractivity contribution >= 4 is 11.9 Å². The molecule has 3 rings (SSSR count). The highest BCUT2D eigenvalue weighted by Gasteiger charge is 2.25. The number of hydrogen-bond acceptors (Lipinski definition) is 5. The van der Waals surface area contributed by atoms with E-state index >= 15 is 0 Å². The van der Waals surface area contributed by atoms with Crippen molar-refractivity contribution in [2.24, 2.45) is 5.92 Å². The molecule has 0 spiro atoms. The second-order valence-corrected chi connectivity index (χ2v) is 7.21. The largest absolute Gasteiger partial charge is 0.490 e. The first-order valence-corrected chi connectivity index (χ1v) is 9.37. The third kappa shape index (κ3) is 4.48. The number of likely N-dealkylation sites (N-methyl/N-ethyl adjacent to an activating group) is 1. The van der Waals surface area contributed by atoms with E-state index in [2.05, 4.69) is 6.92 Å². The maximum Gasteiger partial charge on any atom is 0.338 e. The second kappa shape index (κ2) is 8.43. The van der Waals surface area contributed by atoms with Crippen molar-refractivity contribution in [1.29, 1.82) is 0 Å². The summed E-state index contributed by atoms with van der Waals surface area (Å²) in [7, 11) is 1.80. The van der Waals surface area contributed by atoms with Crippen molar-refractivity contribution in [1.82, 2.24) is 4.90 Å². The fourth-order valence-corrected chi connectivity index (χ4v) is 3.44. The maximum absolute atomic E-state index is 12.3. The van der Waals surface area contributed by atoms with Crippen molar-refractivity contribution in [3.63, 3.8) is 0 Å². The van der Waals surface area contributed by atoms with Crippen LogP contribution in [0.2, 0.25) is 0 Å². The van der Waals surface area contributed by atoms with Gasteiger partial charge in [0, 0.05) is 19.5 Å². The summed E-state index contributed by atoms with van der Waals surface area (Å²) >= 11 is 0. The van der Waals surface area contributed by atoms with Crippen molar-refractivity contribution in [3.8, 4) is 11.5 Å². The Balaban J connectivity index is 1.53. The van der Waals surface area contributed by atoms with E-state index in [1.165, 1.54) is 0 Å². The molecule has 1 saturated carbocycles. The number of benzene rings is 1. The summed E-state index contributed by atoms with van der Waals surface area (Å²) in [4.78, 5) is 26.3. The first kappa shape index (κ1) is 18.5.